The molecule has 154 valence electrons. The van der Waals surface area contributed by atoms with Crippen LogP contribution < -0.4 is 0 Å². The van der Waals surface area contributed by atoms with Crippen molar-refractivity contribution >= 4 is 23.1 Å². The van der Waals surface area contributed by atoms with Crippen molar-refractivity contribution in [1.82, 2.24) is 24.9 Å². The largest absolute Gasteiger partial charge is 0.355 e. The van der Waals surface area contributed by atoms with Crippen LogP contribution in [0.4, 0.5) is 0 Å². The molecule has 6 nitrogen and oxygen atoms in total. The zero-order valence-electron chi connectivity index (χ0n) is 17.0. The zero-order valence-corrected chi connectivity index (χ0v) is 18.7. The van der Waals surface area contributed by atoms with Gasteiger partial charge >= 0.3 is 0 Å². The van der Waals surface area contributed by atoms with Gasteiger partial charge in [-0.25, -0.2) is 0 Å². The molecular weight excluding hydrogens is 426 g/mol. The van der Waals surface area contributed by atoms with Crippen LogP contribution in [0.3, 0.4) is 0 Å². The Labute approximate surface area is 188 Å². The molecule has 0 saturated heterocycles. The molecule has 1 aromatic carbocycles. The average molecular weight is 446 g/mol. The summed E-state index contributed by atoms with van der Waals surface area (Å²) in [5, 5.41) is 16.0. The SMILES string of the molecule is Cc1ccc(-n2c(SCc3cc(-c4cccs4)on3)nnc2-c2ccncc2)cc1C. The molecule has 0 aliphatic rings. The lowest BCUT2D eigenvalue weighted by Gasteiger charge is -2.12. The van der Waals surface area contributed by atoms with Gasteiger partial charge in [-0.3, -0.25) is 9.55 Å². The second-order valence-electron chi connectivity index (χ2n) is 7.09. The fourth-order valence-electron chi connectivity index (χ4n) is 3.20. The van der Waals surface area contributed by atoms with Crippen LogP contribution in [0.15, 0.2) is 76.0 Å². The summed E-state index contributed by atoms with van der Waals surface area (Å²) in [5.74, 6) is 2.21. The molecule has 0 fully saturated rings. The molecule has 0 N–H and O–H groups in total. The molecule has 4 aromatic heterocycles. The Morgan fingerprint density at radius 1 is 1.00 bits per heavy atom. The van der Waals surface area contributed by atoms with Gasteiger partial charge in [-0.05, 0) is 60.7 Å². The van der Waals surface area contributed by atoms with Crippen LogP contribution >= 0.6 is 23.1 Å². The second-order valence-corrected chi connectivity index (χ2v) is 8.98. The van der Waals surface area contributed by atoms with E-state index < -0.39 is 0 Å². The van der Waals surface area contributed by atoms with Crippen LogP contribution in [-0.2, 0) is 5.75 Å². The molecule has 31 heavy (non-hydrogen) atoms. The van der Waals surface area contributed by atoms with Gasteiger partial charge in [-0.2, -0.15) is 0 Å². The molecule has 5 aromatic rings. The third-order valence-corrected chi connectivity index (χ3v) is 6.84. The van der Waals surface area contributed by atoms with E-state index in [1.54, 1.807) is 35.5 Å². The van der Waals surface area contributed by atoms with Gasteiger partial charge in [0.2, 0.25) is 0 Å². The van der Waals surface area contributed by atoms with Gasteiger partial charge in [0.1, 0.15) is 0 Å². The van der Waals surface area contributed by atoms with Crippen LogP contribution in [0.2, 0.25) is 0 Å². The van der Waals surface area contributed by atoms with Crippen molar-refractivity contribution in [3.63, 3.8) is 0 Å². The molecule has 0 atom stereocenters. The Balaban J connectivity index is 1.48. The Morgan fingerprint density at radius 2 is 1.87 bits per heavy atom. The Hall–Kier alpha value is -3.23. The number of thiophene rings is 1. The summed E-state index contributed by atoms with van der Waals surface area (Å²) in [5.41, 5.74) is 5.34. The van der Waals surface area contributed by atoms with Crippen LogP contribution in [0, 0.1) is 13.8 Å². The van der Waals surface area contributed by atoms with Crippen LogP contribution in [0.25, 0.3) is 27.7 Å². The predicted octanol–water partition coefficient (Wildman–Crippen LogP) is 5.95. The molecule has 4 heterocycles. The lowest BCUT2D eigenvalue weighted by atomic mass is 10.1. The first kappa shape index (κ1) is 19.7. The van der Waals surface area contributed by atoms with E-state index in [2.05, 4.69) is 57.0 Å². The summed E-state index contributed by atoms with van der Waals surface area (Å²) in [6, 6.07) is 16.3. The third-order valence-electron chi connectivity index (χ3n) is 4.99. The molecule has 0 aliphatic carbocycles. The van der Waals surface area contributed by atoms with Crippen LogP contribution in [-0.4, -0.2) is 24.9 Å². The van der Waals surface area contributed by atoms with Gasteiger partial charge in [-0.1, -0.05) is 29.1 Å². The molecule has 0 spiro atoms. The molecule has 0 saturated carbocycles. The summed E-state index contributed by atoms with van der Waals surface area (Å²) < 4.78 is 7.60. The Bertz CT molecular complexity index is 1310. The summed E-state index contributed by atoms with van der Waals surface area (Å²) in [7, 11) is 0. The molecular formula is C23H19N5OS2. The molecule has 0 bridgehead atoms. The first-order valence-corrected chi connectivity index (χ1v) is 11.6. The summed E-state index contributed by atoms with van der Waals surface area (Å²) in [6.45, 7) is 4.23. The average Bonchev–Trinajstić information content (AvgIpc) is 3.55. The number of hydrogen-bond donors (Lipinski definition) is 0. The highest BCUT2D eigenvalue weighted by molar-refractivity contribution is 7.98. The molecule has 5 rings (SSSR count). The Kier molecular flexibility index (Phi) is 5.40. The number of thioether (sulfide) groups is 1. The quantitative estimate of drug-likeness (QED) is 0.301. The minimum absolute atomic E-state index is 0.633. The third kappa shape index (κ3) is 4.04. The highest BCUT2D eigenvalue weighted by atomic mass is 32.2. The maximum atomic E-state index is 5.51. The van der Waals surface area contributed by atoms with E-state index >= 15 is 0 Å². The fraction of sp³-hybridized carbons (Fsp3) is 0.130. The van der Waals surface area contributed by atoms with E-state index in [4.69, 9.17) is 4.52 Å². The minimum Gasteiger partial charge on any atom is -0.355 e. The van der Waals surface area contributed by atoms with Gasteiger partial charge in [0.15, 0.2) is 16.7 Å². The predicted molar refractivity (Wildman–Crippen MR) is 123 cm³/mol. The van der Waals surface area contributed by atoms with E-state index in [9.17, 15) is 0 Å². The molecule has 0 radical (unpaired) electrons. The number of aryl methyl sites for hydroxylation is 2. The highest BCUT2D eigenvalue weighted by Crippen LogP contribution is 2.31. The van der Waals surface area contributed by atoms with Crippen molar-refractivity contribution < 1.29 is 4.52 Å². The van der Waals surface area contributed by atoms with E-state index in [-0.39, 0.29) is 0 Å². The minimum atomic E-state index is 0.633. The normalized spacial score (nSPS) is 11.2. The summed E-state index contributed by atoms with van der Waals surface area (Å²) >= 11 is 3.22. The van der Waals surface area contributed by atoms with Crippen molar-refractivity contribution in [2.24, 2.45) is 0 Å². The fourth-order valence-corrected chi connectivity index (χ4v) is 4.71. The number of hydrogen-bond acceptors (Lipinski definition) is 7. The number of rotatable bonds is 6. The zero-order chi connectivity index (χ0) is 21.2. The number of benzene rings is 1. The van der Waals surface area contributed by atoms with Crippen molar-refractivity contribution in [2.75, 3.05) is 0 Å². The number of nitrogens with zero attached hydrogens (tertiary/aromatic N) is 5. The van der Waals surface area contributed by atoms with Crippen molar-refractivity contribution in [1.29, 1.82) is 0 Å². The lowest BCUT2D eigenvalue weighted by Crippen LogP contribution is -2.01. The monoisotopic (exact) mass is 445 g/mol. The number of aromatic nitrogens is 5. The Morgan fingerprint density at radius 3 is 2.65 bits per heavy atom. The topological polar surface area (TPSA) is 69.6 Å². The first-order chi connectivity index (χ1) is 15.2. The van der Waals surface area contributed by atoms with E-state index in [1.165, 1.54) is 11.1 Å². The summed E-state index contributed by atoms with van der Waals surface area (Å²) in [4.78, 5) is 5.20. The van der Waals surface area contributed by atoms with E-state index in [0.717, 1.165) is 38.6 Å². The lowest BCUT2D eigenvalue weighted by molar-refractivity contribution is 0.427. The maximum absolute atomic E-state index is 5.51. The van der Waals surface area contributed by atoms with Crippen LogP contribution in [0.5, 0.6) is 0 Å². The van der Waals surface area contributed by atoms with Crippen molar-refractivity contribution in [3.05, 3.63) is 83.1 Å². The van der Waals surface area contributed by atoms with Gasteiger partial charge in [0, 0.05) is 29.8 Å². The highest BCUT2D eigenvalue weighted by Gasteiger charge is 2.18. The van der Waals surface area contributed by atoms with Gasteiger partial charge in [0.25, 0.3) is 0 Å². The molecule has 8 heteroatoms. The maximum Gasteiger partial charge on any atom is 0.196 e. The van der Waals surface area contributed by atoms with Gasteiger partial charge in [-0.15, -0.1) is 21.5 Å². The first-order valence-electron chi connectivity index (χ1n) is 9.75. The van der Waals surface area contributed by atoms with E-state index in [1.807, 2.05) is 35.7 Å². The van der Waals surface area contributed by atoms with Crippen molar-refractivity contribution in [3.8, 4) is 27.7 Å². The molecule has 0 unspecified atom stereocenters. The van der Waals surface area contributed by atoms with Crippen molar-refractivity contribution in [2.45, 2.75) is 24.8 Å². The number of pyridine rings is 1. The van der Waals surface area contributed by atoms with Gasteiger partial charge < -0.3 is 4.52 Å². The van der Waals surface area contributed by atoms with Gasteiger partial charge in [0.05, 0.1) is 16.3 Å². The standard InChI is InChI=1S/C23H19N5OS2/c1-15-5-6-19(12-16(15)2)28-22(17-7-9-24-10-8-17)25-26-23(28)31-14-18-13-20(29-27-18)21-4-3-11-30-21/h3-13H,14H2,1-2H3. The van der Waals surface area contributed by atoms with Crippen LogP contribution in [0.1, 0.15) is 16.8 Å². The summed E-state index contributed by atoms with van der Waals surface area (Å²) in [6.07, 6.45) is 3.53. The molecule has 0 aliphatic heterocycles. The van der Waals surface area contributed by atoms with E-state index in [0.29, 0.717) is 5.75 Å². The second kappa shape index (κ2) is 8.49. The molecule has 0 amide bonds. The smallest absolute Gasteiger partial charge is 0.196 e.